The number of hydrogen-bond acceptors (Lipinski definition) is 5. The van der Waals surface area contributed by atoms with Crippen molar-refractivity contribution < 1.29 is 9.84 Å². The van der Waals surface area contributed by atoms with Gasteiger partial charge in [-0.3, -0.25) is 4.98 Å². The first-order valence-electron chi connectivity index (χ1n) is 9.83. The molecule has 0 saturated carbocycles. The number of rotatable bonds is 2. The summed E-state index contributed by atoms with van der Waals surface area (Å²) in [4.78, 5) is 6.61. The summed E-state index contributed by atoms with van der Waals surface area (Å²) >= 11 is 0. The van der Waals surface area contributed by atoms with Gasteiger partial charge >= 0.3 is 0 Å². The average Bonchev–Trinajstić information content (AvgIpc) is 2.96. The number of aromatic nitrogens is 1. The summed E-state index contributed by atoms with van der Waals surface area (Å²) in [5.41, 5.74) is 4.23. The van der Waals surface area contributed by atoms with Gasteiger partial charge in [-0.1, -0.05) is 18.2 Å². The lowest BCUT2D eigenvalue weighted by atomic mass is 10.0. The number of para-hydroxylation sites is 1. The van der Waals surface area contributed by atoms with Gasteiger partial charge < -0.3 is 20.1 Å². The number of phenolic OH excluding ortho intramolecular Hbond substituents is 1. The van der Waals surface area contributed by atoms with Gasteiger partial charge in [-0.2, -0.15) is 0 Å². The Morgan fingerprint density at radius 2 is 2.04 bits per heavy atom. The maximum atomic E-state index is 10.5. The normalized spacial score (nSPS) is 19.4. The molecule has 3 aliphatic rings. The first kappa shape index (κ1) is 17.1. The van der Waals surface area contributed by atoms with Crippen molar-refractivity contribution in [2.24, 2.45) is 0 Å². The van der Waals surface area contributed by atoms with Gasteiger partial charge in [-0.25, -0.2) is 0 Å². The molecule has 1 saturated heterocycles. The molecule has 0 spiro atoms. The van der Waals surface area contributed by atoms with E-state index in [4.69, 9.17) is 4.74 Å². The Bertz CT molecular complexity index is 973. The Morgan fingerprint density at radius 3 is 2.86 bits per heavy atom. The van der Waals surface area contributed by atoms with Crippen LogP contribution in [-0.4, -0.2) is 29.2 Å². The summed E-state index contributed by atoms with van der Waals surface area (Å²) in [6, 6.07) is 9.98. The Kier molecular flexibility index (Phi) is 4.37. The van der Waals surface area contributed by atoms with E-state index < -0.39 is 0 Å². The van der Waals surface area contributed by atoms with Crippen LogP contribution in [0.1, 0.15) is 24.8 Å². The molecule has 0 radical (unpaired) electrons. The van der Waals surface area contributed by atoms with E-state index in [0.29, 0.717) is 11.8 Å². The Hall–Kier alpha value is -3.05. The van der Waals surface area contributed by atoms with Crippen LogP contribution in [-0.2, 0) is 0 Å². The monoisotopic (exact) mass is 373 g/mol. The lowest BCUT2D eigenvalue weighted by Crippen LogP contribution is -2.44. The second-order valence-electron chi connectivity index (χ2n) is 7.35. The zero-order valence-electron chi connectivity index (χ0n) is 15.6. The van der Waals surface area contributed by atoms with E-state index in [-0.39, 0.29) is 5.75 Å². The highest BCUT2D eigenvalue weighted by molar-refractivity contribution is 5.76. The van der Waals surface area contributed by atoms with Crippen molar-refractivity contribution in [2.75, 3.05) is 18.0 Å². The number of piperidine rings is 1. The third-order valence-corrected chi connectivity index (χ3v) is 5.58. The van der Waals surface area contributed by atoms with Gasteiger partial charge in [0.2, 0.25) is 0 Å². The second kappa shape index (κ2) is 7.17. The van der Waals surface area contributed by atoms with E-state index in [0.717, 1.165) is 60.6 Å². The van der Waals surface area contributed by atoms with Gasteiger partial charge in [0.25, 0.3) is 0 Å². The minimum absolute atomic E-state index is 0.174. The van der Waals surface area contributed by atoms with Crippen molar-refractivity contribution in [3.8, 4) is 11.5 Å². The zero-order valence-corrected chi connectivity index (χ0v) is 15.6. The summed E-state index contributed by atoms with van der Waals surface area (Å²) in [5, 5.41) is 13.9. The lowest BCUT2D eigenvalue weighted by Gasteiger charge is -2.40. The summed E-state index contributed by atoms with van der Waals surface area (Å²) in [6.45, 7) is 2.00. The van der Waals surface area contributed by atoms with E-state index in [9.17, 15) is 5.11 Å². The first-order valence-corrected chi connectivity index (χ1v) is 9.83. The van der Waals surface area contributed by atoms with Crippen molar-refractivity contribution in [3.05, 3.63) is 78.0 Å². The molecule has 3 heterocycles. The average molecular weight is 373 g/mol. The molecule has 0 amide bonds. The van der Waals surface area contributed by atoms with Gasteiger partial charge in [0, 0.05) is 18.4 Å². The highest BCUT2D eigenvalue weighted by atomic mass is 16.5. The van der Waals surface area contributed by atoms with Crippen LogP contribution in [0.3, 0.4) is 0 Å². The maximum absolute atomic E-state index is 10.5. The highest BCUT2D eigenvalue weighted by Gasteiger charge is 2.33. The van der Waals surface area contributed by atoms with E-state index in [2.05, 4.69) is 39.5 Å². The van der Waals surface area contributed by atoms with E-state index in [1.54, 1.807) is 12.3 Å². The number of benzene rings is 1. The minimum Gasteiger partial charge on any atom is -0.504 e. The van der Waals surface area contributed by atoms with Crippen LogP contribution >= 0.6 is 0 Å². The van der Waals surface area contributed by atoms with Gasteiger partial charge in [0.05, 0.1) is 11.4 Å². The van der Waals surface area contributed by atoms with Gasteiger partial charge in [0.15, 0.2) is 17.3 Å². The summed E-state index contributed by atoms with van der Waals surface area (Å²) < 4.78 is 6.24. The molecule has 0 bridgehead atoms. The fraction of sp³-hybridized carbons (Fsp3) is 0.261. The highest BCUT2D eigenvalue weighted by Crippen LogP contribution is 2.46. The summed E-state index contributed by atoms with van der Waals surface area (Å²) in [5.74, 6) is 1.49. The predicted molar refractivity (Wildman–Crippen MR) is 110 cm³/mol. The number of allylic oxidation sites excluding steroid dienone is 4. The number of aromatic hydroxyl groups is 1. The van der Waals surface area contributed by atoms with E-state index >= 15 is 0 Å². The van der Waals surface area contributed by atoms with Crippen LogP contribution in [0.15, 0.2) is 72.4 Å². The quantitative estimate of drug-likeness (QED) is 0.834. The second-order valence-corrected chi connectivity index (χ2v) is 7.35. The summed E-state index contributed by atoms with van der Waals surface area (Å²) in [6.07, 6.45) is 13.0. The number of fused-ring (bicyclic) bond motifs is 1. The van der Waals surface area contributed by atoms with Crippen molar-refractivity contribution in [2.45, 2.75) is 25.3 Å². The molecular formula is C23H23N3O2. The Labute approximate surface area is 164 Å². The van der Waals surface area contributed by atoms with Crippen LogP contribution in [0.5, 0.6) is 11.5 Å². The molecule has 2 N–H and O–H groups in total. The predicted octanol–water partition coefficient (Wildman–Crippen LogP) is 3.99. The number of nitrogens with one attached hydrogen (secondary N) is 1. The molecule has 28 heavy (non-hydrogen) atoms. The number of pyridine rings is 1. The van der Waals surface area contributed by atoms with E-state index in [1.807, 2.05) is 24.4 Å². The van der Waals surface area contributed by atoms with Crippen LogP contribution in [0, 0.1) is 0 Å². The lowest BCUT2D eigenvalue weighted by molar-refractivity contribution is 0.369. The molecular weight excluding hydrogens is 350 g/mol. The van der Waals surface area contributed by atoms with Crippen LogP contribution in [0.2, 0.25) is 0 Å². The first-order chi connectivity index (χ1) is 13.8. The van der Waals surface area contributed by atoms with Crippen molar-refractivity contribution in [1.82, 2.24) is 10.3 Å². The van der Waals surface area contributed by atoms with E-state index in [1.165, 1.54) is 0 Å². The molecule has 1 aromatic heterocycles. The smallest absolute Gasteiger partial charge is 0.192 e. The fourth-order valence-electron chi connectivity index (χ4n) is 4.21. The number of nitrogens with zero attached hydrogens (tertiary/aromatic N) is 2. The van der Waals surface area contributed by atoms with Gasteiger partial charge in [0.1, 0.15) is 0 Å². The molecule has 0 atom stereocenters. The molecule has 5 nitrogen and oxygen atoms in total. The number of hydrogen-bond donors (Lipinski definition) is 2. The van der Waals surface area contributed by atoms with Crippen LogP contribution in [0.4, 0.5) is 5.69 Å². The molecule has 2 aliphatic heterocycles. The maximum Gasteiger partial charge on any atom is 0.192 e. The molecule has 1 aromatic carbocycles. The molecule has 142 valence electrons. The third kappa shape index (κ3) is 2.98. The van der Waals surface area contributed by atoms with Crippen molar-refractivity contribution in [1.29, 1.82) is 0 Å². The molecule has 1 aliphatic carbocycles. The topological polar surface area (TPSA) is 57.6 Å². The van der Waals surface area contributed by atoms with Crippen LogP contribution < -0.4 is 15.0 Å². The minimum atomic E-state index is 0.174. The van der Waals surface area contributed by atoms with Gasteiger partial charge in [-0.05, 0) is 73.8 Å². The molecule has 1 fully saturated rings. The van der Waals surface area contributed by atoms with Gasteiger partial charge in [-0.15, -0.1) is 0 Å². The SMILES string of the molecule is Oc1cccc2c1OC1=C(C=CCC(c3cccnc3)=C1)N2C1CCNCC1. The fourth-order valence-corrected chi connectivity index (χ4v) is 4.21. The zero-order chi connectivity index (χ0) is 18.9. The Balaban J connectivity index is 1.64. The Morgan fingerprint density at radius 1 is 1.14 bits per heavy atom. The summed E-state index contributed by atoms with van der Waals surface area (Å²) in [7, 11) is 0. The number of ether oxygens (including phenoxy) is 1. The van der Waals surface area contributed by atoms with Crippen LogP contribution in [0.25, 0.3) is 5.57 Å². The third-order valence-electron chi connectivity index (χ3n) is 5.58. The standard InChI is InChI=1S/C23H23N3O2/c27-21-8-2-7-20-23(21)28-22-14-16(17-5-3-11-25-15-17)4-1-6-19(22)26(20)18-9-12-24-13-10-18/h1-3,5-8,11,14-15,18,24,27H,4,9-10,12-13H2. The number of anilines is 1. The molecule has 0 unspecified atom stereocenters. The largest absolute Gasteiger partial charge is 0.504 e. The van der Waals surface area contributed by atoms with Crippen molar-refractivity contribution in [3.63, 3.8) is 0 Å². The van der Waals surface area contributed by atoms with Crippen molar-refractivity contribution >= 4 is 11.3 Å². The molecule has 2 aromatic rings. The molecule has 5 heteroatoms. The molecule has 5 rings (SSSR count). The number of phenols is 1.